The van der Waals surface area contributed by atoms with Gasteiger partial charge in [-0.15, -0.1) is 22.9 Å². The highest BCUT2D eigenvalue weighted by molar-refractivity contribution is 9.10. The molecule has 0 bridgehead atoms. The van der Waals surface area contributed by atoms with Crippen LogP contribution >= 0.6 is 38.9 Å². The Morgan fingerprint density at radius 1 is 1.73 bits per heavy atom. The maximum atomic E-state index is 5.67. The van der Waals surface area contributed by atoms with Crippen LogP contribution in [0, 0.1) is 0 Å². The highest BCUT2D eigenvalue weighted by atomic mass is 79.9. The summed E-state index contributed by atoms with van der Waals surface area (Å²) in [5.74, 6) is 0.568. The van der Waals surface area contributed by atoms with E-state index in [0.29, 0.717) is 5.88 Å². The second-order valence-corrected chi connectivity index (χ2v) is 4.21. The van der Waals surface area contributed by atoms with Crippen LogP contribution in [-0.4, -0.2) is 9.38 Å². The van der Waals surface area contributed by atoms with Crippen LogP contribution < -0.4 is 0 Å². The molecule has 0 spiro atoms. The summed E-state index contributed by atoms with van der Waals surface area (Å²) in [5.41, 5.74) is 0. The van der Waals surface area contributed by atoms with E-state index < -0.39 is 0 Å². The van der Waals surface area contributed by atoms with Crippen LogP contribution in [0.4, 0.5) is 0 Å². The van der Waals surface area contributed by atoms with Crippen molar-refractivity contribution in [2.24, 2.45) is 0 Å². The van der Waals surface area contributed by atoms with Gasteiger partial charge in [0.25, 0.3) is 0 Å². The highest BCUT2D eigenvalue weighted by Crippen LogP contribution is 2.25. The first kappa shape index (κ1) is 7.58. The molecule has 58 valence electrons. The Morgan fingerprint density at radius 2 is 2.55 bits per heavy atom. The fourth-order valence-corrected chi connectivity index (χ4v) is 2.46. The molecule has 0 saturated heterocycles. The second kappa shape index (κ2) is 2.77. The molecule has 2 aromatic heterocycles. The molecule has 0 saturated carbocycles. The lowest BCUT2D eigenvalue weighted by Crippen LogP contribution is -1.70. The lowest BCUT2D eigenvalue weighted by atomic mass is 10.6. The maximum absolute atomic E-state index is 5.67. The molecule has 0 aliphatic carbocycles. The first-order valence-corrected chi connectivity index (χ1v) is 5.12. The molecule has 0 fully saturated rings. The molecule has 0 aliphatic heterocycles. The summed E-state index contributed by atoms with van der Waals surface area (Å²) >= 11 is 10.7. The van der Waals surface area contributed by atoms with Gasteiger partial charge in [0.15, 0.2) is 0 Å². The topological polar surface area (TPSA) is 17.3 Å². The number of alkyl halides is 1. The van der Waals surface area contributed by atoms with Gasteiger partial charge >= 0.3 is 0 Å². The van der Waals surface area contributed by atoms with Crippen LogP contribution in [0.2, 0.25) is 0 Å². The van der Waals surface area contributed by atoms with Crippen molar-refractivity contribution in [3.63, 3.8) is 0 Å². The van der Waals surface area contributed by atoms with Gasteiger partial charge in [-0.2, -0.15) is 0 Å². The minimum absolute atomic E-state index is 0.568. The standard InChI is InChI=1S/C6H4BrClN2S/c7-5-6-10(3-9-5)2-4(1-8)11-6/h2-3H,1H2. The molecule has 0 radical (unpaired) electrons. The molecular weight excluding hydrogens is 248 g/mol. The number of rotatable bonds is 1. The zero-order valence-corrected chi connectivity index (χ0v) is 8.58. The Kier molecular flexibility index (Phi) is 1.91. The fourth-order valence-electron chi connectivity index (χ4n) is 0.881. The van der Waals surface area contributed by atoms with E-state index >= 15 is 0 Å². The average molecular weight is 252 g/mol. The Labute approximate surface area is 80.9 Å². The molecule has 11 heavy (non-hydrogen) atoms. The first-order valence-electron chi connectivity index (χ1n) is 2.98. The lowest BCUT2D eigenvalue weighted by Gasteiger charge is -1.78. The van der Waals surface area contributed by atoms with Crippen molar-refractivity contribution in [3.8, 4) is 0 Å². The molecular formula is C6H4BrClN2S. The number of fused-ring (bicyclic) bond motifs is 1. The first-order chi connectivity index (χ1) is 5.31. The van der Waals surface area contributed by atoms with Crippen LogP contribution in [0.5, 0.6) is 0 Å². The molecule has 0 atom stereocenters. The summed E-state index contributed by atoms with van der Waals surface area (Å²) in [4.78, 5) is 6.35. The molecule has 0 aliphatic rings. The zero-order chi connectivity index (χ0) is 7.84. The Morgan fingerprint density at radius 3 is 3.18 bits per heavy atom. The third-order valence-electron chi connectivity index (χ3n) is 1.35. The SMILES string of the molecule is ClCc1cn2cnc(Br)c2s1. The van der Waals surface area contributed by atoms with Crippen molar-refractivity contribution in [2.75, 3.05) is 0 Å². The molecule has 2 nitrogen and oxygen atoms in total. The van der Waals surface area contributed by atoms with Gasteiger partial charge in [0.05, 0.1) is 5.88 Å². The van der Waals surface area contributed by atoms with E-state index in [4.69, 9.17) is 11.6 Å². The van der Waals surface area contributed by atoms with E-state index in [-0.39, 0.29) is 0 Å². The van der Waals surface area contributed by atoms with Gasteiger partial charge < -0.3 is 0 Å². The normalized spacial score (nSPS) is 11.1. The van der Waals surface area contributed by atoms with Gasteiger partial charge in [-0.25, -0.2) is 4.98 Å². The summed E-state index contributed by atoms with van der Waals surface area (Å²) in [6.45, 7) is 0. The number of halogens is 2. The third-order valence-corrected chi connectivity index (χ3v) is 3.75. The number of hydrogen-bond donors (Lipinski definition) is 0. The summed E-state index contributed by atoms with van der Waals surface area (Å²) in [6, 6.07) is 0. The molecule has 2 rings (SSSR count). The van der Waals surface area contributed by atoms with Gasteiger partial charge in [-0.1, -0.05) is 0 Å². The average Bonchev–Trinajstić information content (AvgIpc) is 2.53. The molecule has 0 aromatic carbocycles. The van der Waals surface area contributed by atoms with Gasteiger partial charge in [0.1, 0.15) is 15.8 Å². The van der Waals surface area contributed by atoms with Crippen molar-refractivity contribution >= 4 is 43.7 Å². The molecule has 2 heterocycles. The zero-order valence-electron chi connectivity index (χ0n) is 5.42. The van der Waals surface area contributed by atoms with E-state index in [1.807, 2.05) is 10.6 Å². The smallest absolute Gasteiger partial charge is 0.142 e. The Balaban J connectivity index is 2.70. The lowest BCUT2D eigenvalue weighted by molar-refractivity contribution is 1.16. The number of imidazole rings is 1. The van der Waals surface area contributed by atoms with Crippen molar-refractivity contribution < 1.29 is 0 Å². The molecule has 0 amide bonds. The largest absolute Gasteiger partial charge is 0.296 e. The Bertz CT molecular complexity index is 381. The predicted molar refractivity (Wildman–Crippen MR) is 50.3 cm³/mol. The van der Waals surface area contributed by atoms with E-state index in [2.05, 4.69) is 20.9 Å². The van der Waals surface area contributed by atoms with E-state index in [1.54, 1.807) is 17.7 Å². The van der Waals surface area contributed by atoms with Crippen LogP contribution in [0.15, 0.2) is 17.1 Å². The quantitative estimate of drug-likeness (QED) is 0.713. The van der Waals surface area contributed by atoms with Crippen LogP contribution in [0.3, 0.4) is 0 Å². The molecule has 0 N–H and O–H groups in total. The van der Waals surface area contributed by atoms with E-state index in [0.717, 1.165) is 14.3 Å². The van der Waals surface area contributed by atoms with Gasteiger partial charge in [-0.05, 0) is 15.9 Å². The molecule has 5 heteroatoms. The van der Waals surface area contributed by atoms with Crippen molar-refractivity contribution in [1.82, 2.24) is 9.38 Å². The highest BCUT2D eigenvalue weighted by Gasteiger charge is 2.04. The van der Waals surface area contributed by atoms with Crippen molar-refractivity contribution in [2.45, 2.75) is 5.88 Å². The molecule has 0 unspecified atom stereocenters. The summed E-state index contributed by atoms with van der Waals surface area (Å²) < 4.78 is 2.85. The van der Waals surface area contributed by atoms with Crippen molar-refractivity contribution in [3.05, 3.63) is 22.0 Å². The van der Waals surface area contributed by atoms with Gasteiger partial charge in [0, 0.05) is 11.1 Å². The summed E-state index contributed by atoms with van der Waals surface area (Å²) in [5, 5.41) is 0. The summed E-state index contributed by atoms with van der Waals surface area (Å²) in [7, 11) is 0. The van der Waals surface area contributed by atoms with E-state index in [9.17, 15) is 0 Å². The monoisotopic (exact) mass is 250 g/mol. The predicted octanol–water partition coefficient (Wildman–Crippen LogP) is 2.90. The fraction of sp³-hybridized carbons (Fsp3) is 0.167. The second-order valence-electron chi connectivity index (χ2n) is 2.08. The minimum Gasteiger partial charge on any atom is -0.296 e. The number of nitrogens with zero attached hydrogens (tertiary/aromatic N) is 2. The minimum atomic E-state index is 0.568. The van der Waals surface area contributed by atoms with Gasteiger partial charge in [0.2, 0.25) is 0 Å². The van der Waals surface area contributed by atoms with Crippen LogP contribution in [0.25, 0.3) is 4.83 Å². The van der Waals surface area contributed by atoms with Crippen LogP contribution in [0.1, 0.15) is 4.88 Å². The Hall–Kier alpha value is -0.0600. The third kappa shape index (κ3) is 1.19. The van der Waals surface area contributed by atoms with Gasteiger partial charge in [-0.3, -0.25) is 4.40 Å². The van der Waals surface area contributed by atoms with E-state index in [1.165, 1.54) is 0 Å². The van der Waals surface area contributed by atoms with Crippen LogP contribution in [-0.2, 0) is 5.88 Å². The number of hydrogen-bond acceptors (Lipinski definition) is 2. The molecule has 2 aromatic rings. The number of aromatic nitrogens is 2. The van der Waals surface area contributed by atoms with Crippen molar-refractivity contribution in [1.29, 1.82) is 0 Å². The number of thiazole rings is 1. The maximum Gasteiger partial charge on any atom is 0.142 e. The summed E-state index contributed by atoms with van der Waals surface area (Å²) in [6.07, 6.45) is 3.76.